The molecule has 0 aromatic carbocycles. The van der Waals surface area contributed by atoms with Gasteiger partial charge in [-0.3, -0.25) is 14.2 Å². The Morgan fingerprint density at radius 1 is 1.71 bits per heavy atom. The monoisotopic (exact) mass is 213 g/mol. The summed E-state index contributed by atoms with van der Waals surface area (Å²) in [5, 5.41) is 0.508. The molecule has 0 bridgehead atoms. The zero-order valence-electron chi connectivity index (χ0n) is 7.98. The average Bonchev–Trinajstić information content (AvgIpc) is 2.08. The number of nitrogens with two attached hydrogens (primary N) is 1. The first-order valence-corrected chi connectivity index (χ1v) is 5.18. The van der Waals surface area contributed by atoms with Gasteiger partial charge in [-0.1, -0.05) is 11.8 Å². The smallest absolute Gasteiger partial charge is 0.254 e. The lowest BCUT2D eigenvalue weighted by atomic mass is 10.4. The van der Waals surface area contributed by atoms with E-state index in [0.717, 1.165) is 0 Å². The molecule has 6 heteroatoms. The highest BCUT2D eigenvalue weighted by Crippen LogP contribution is 2.09. The van der Waals surface area contributed by atoms with Gasteiger partial charge in [-0.25, -0.2) is 4.98 Å². The predicted octanol–water partition coefficient (Wildman–Crippen LogP) is -0.241. The Labute approximate surface area is 85.3 Å². The van der Waals surface area contributed by atoms with E-state index < -0.39 is 5.91 Å². The number of primary amides is 1. The molecule has 0 aliphatic rings. The van der Waals surface area contributed by atoms with Crippen LogP contribution >= 0.6 is 11.8 Å². The number of aryl methyl sites for hydroxylation is 1. The van der Waals surface area contributed by atoms with Crippen LogP contribution in [-0.2, 0) is 11.3 Å². The molecule has 14 heavy (non-hydrogen) atoms. The fourth-order valence-electron chi connectivity index (χ4n) is 1.05. The molecule has 0 unspecified atom stereocenters. The van der Waals surface area contributed by atoms with Crippen LogP contribution in [0.5, 0.6) is 0 Å². The summed E-state index contributed by atoms with van der Waals surface area (Å²) in [5.41, 5.74) is 5.41. The standard InChI is InChI=1S/C8H11N3O2S/c1-5-3-7(13)11(4-6(9)12)8(10-5)14-2/h3H,4H2,1-2H3,(H2,9,12). The third-order valence-electron chi connectivity index (χ3n) is 1.60. The number of hydrogen-bond acceptors (Lipinski definition) is 4. The summed E-state index contributed by atoms with van der Waals surface area (Å²) in [4.78, 5) is 26.3. The fourth-order valence-corrected chi connectivity index (χ4v) is 1.66. The number of carbonyl (C=O) groups excluding carboxylic acids is 1. The summed E-state index contributed by atoms with van der Waals surface area (Å²) < 4.78 is 1.26. The molecule has 0 aliphatic carbocycles. The lowest BCUT2D eigenvalue weighted by molar-refractivity contribution is -0.118. The normalized spacial score (nSPS) is 10.1. The zero-order chi connectivity index (χ0) is 10.7. The van der Waals surface area contributed by atoms with Crippen molar-refractivity contribution < 1.29 is 4.79 Å². The van der Waals surface area contributed by atoms with Gasteiger partial charge in [0.1, 0.15) is 6.54 Å². The third-order valence-corrected chi connectivity index (χ3v) is 2.27. The van der Waals surface area contributed by atoms with E-state index in [4.69, 9.17) is 5.73 Å². The molecule has 0 atom stereocenters. The fraction of sp³-hybridized carbons (Fsp3) is 0.375. The lowest BCUT2D eigenvalue weighted by Gasteiger charge is -2.07. The Morgan fingerprint density at radius 3 is 2.86 bits per heavy atom. The Hall–Kier alpha value is -1.30. The molecule has 2 N–H and O–H groups in total. The molecule has 0 saturated carbocycles. The lowest BCUT2D eigenvalue weighted by Crippen LogP contribution is -2.29. The number of amides is 1. The molecule has 1 amide bonds. The first kappa shape index (κ1) is 10.8. The molecule has 0 radical (unpaired) electrons. The second kappa shape index (κ2) is 4.28. The molecule has 0 aliphatic heterocycles. The van der Waals surface area contributed by atoms with Crippen LogP contribution < -0.4 is 11.3 Å². The van der Waals surface area contributed by atoms with E-state index in [9.17, 15) is 9.59 Å². The maximum absolute atomic E-state index is 11.5. The van der Waals surface area contributed by atoms with E-state index in [1.54, 1.807) is 13.2 Å². The Balaban J connectivity index is 3.25. The van der Waals surface area contributed by atoms with Gasteiger partial charge in [0.2, 0.25) is 5.91 Å². The van der Waals surface area contributed by atoms with Crippen LogP contribution in [0, 0.1) is 6.92 Å². The number of thioether (sulfide) groups is 1. The minimum absolute atomic E-state index is 0.123. The number of nitrogens with zero attached hydrogens (tertiary/aromatic N) is 2. The third kappa shape index (κ3) is 2.35. The maximum atomic E-state index is 11.5. The highest BCUT2D eigenvalue weighted by molar-refractivity contribution is 7.98. The van der Waals surface area contributed by atoms with Gasteiger partial charge in [-0.05, 0) is 13.2 Å². The van der Waals surface area contributed by atoms with Crippen LogP contribution in [0.1, 0.15) is 5.69 Å². The highest BCUT2D eigenvalue weighted by Gasteiger charge is 2.07. The minimum atomic E-state index is -0.548. The quantitative estimate of drug-likeness (QED) is 0.555. The van der Waals surface area contributed by atoms with Crippen molar-refractivity contribution in [3.05, 3.63) is 22.1 Å². The van der Waals surface area contributed by atoms with Gasteiger partial charge in [-0.15, -0.1) is 0 Å². The van der Waals surface area contributed by atoms with Crippen LogP contribution in [-0.4, -0.2) is 21.7 Å². The van der Waals surface area contributed by atoms with Gasteiger partial charge in [0, 0.05) is 11.8 Å². The molecule has 1 heterocycles. The van der Waals surface area contributed by atoms with Crippen molar-refractivity contribution in [2.24, 2.45) is 5.73 Å². The van der Waals surface area contributed by atoms with E-state index in [1.165, 1.54) is 22.4 Å². The van der Waals surface area contributed by atoms with E-state index >= 15 is 0 Å². The van der Waals surface area contributed by atoms with Crippen LogP contribution in [0.3, 0.4) is 0 Å². The maximum Gasteiger partial charge on any atom is 0.254 e. The van der Waals surface area contributed by atoms with Gasteiger partial charge in [-0.2, -0.15) is 0 Å². The van der Waals surface area contributed by atoms with Gasteiger partial charge in [0.25, 0.3) is 5.56 Å². The largest absolute Gasteiger partial charge is 0.368 e. The van der Waals surface area contributed by atoms with Crippen molar-refractivity contribution in [1.29, 1.82) is 0 Å². The zero-order valence-corrected chi connectivity index (χ0v) is 8.80. The summed E-state index contributed by atoms with van der Waals surface area (Å²) in [7, 11) is 0. The Bertz CT molecular complexity index is 414. The molecule has 76 valence electrons. The first-order chi connectivity index (χ1) is 6.54. The molecule has 0 saturated heterocycles. The molecular formula is C8H11N3O2S. The Kier molecular flexibility index (Phi) is 3.29. The van der Waals surface area contributed by atoms with Gasteiger partial charge in [0.05, 0.1) is 0 Å². The van der Waals surface area contributed by atoms with Gasteiger partial charge in [0.15, 0.2) is 5.16 Å². The number of carbonyl (C=O) groups is 1. The van der Waals surface area contributed by atoms with Crippen LogP contribution in [0.15, 0.2) is 16.0 Å². The van der Waals surface area contributed by atoms with E-state index in [-0.39, 0.29) is 12.1 Å². The topological polar surface area (TPSA) is 78.0 Å². The van der Waals surface area contributed by atoms with Crippen LogP contribution in [0.2, 0.25) is 0 Å². The summed E-state index contributed by atoms with van der Waals surface area (Å²) >= 11 is 1.31. The molecule has 1 rings (SSSR count). The number of aromatic nitrogens is 2. The predicted molar refractivity (Wildman–Crippen MR) is 54.2 cm³/mol. The summed E-state index contributed by atoms with van der Waals surface area (Å²) in [6.45, 7) is 1.61. The van der Waals surface area contributed by atoms with Crippen molar-refractivity contribution in [1.82, 2.24) is 9.55 Å². The summed E-state index contributed by atoms with van der Waals surface area (Å²) in [6.07, 6.45) is 1.79. The first-order valence-electron chi connectivity index (χ1n) is 3.95. The second-order valence-corrected chi connectivity index (χ2v) is 3.55. The number of hydrogen-bond donors (Lipinski definition) is 1. The minimum Gasteiger partial charge on any atom is -0.368 e. The van der Waals surface area contributed by atoms with Crippen molar-refractivity contribution >= 4 is 17.7 Å². The SMILES string of the molecule is CSc1nc(C)cc(=O)n1CC(N)=O. The van der Waals surface area contributed by atoms with Crippen molar-refractivity contribution in [2.45, 2.75) is 18.6 Å². The number of rotatable bonds is 3. The van der Waals surface area contributed by atoms with Gasteiger partial charge >= 0.3 is 0 Å². The molecular weight excluding hydrogens is 202 g/mol. The second-order valence-electron chi connectivity index (χ2n) is 2.77. The van der Waals surface area contributed by atoms with E-state index in [0.29, 0.717) is 10.9 Å². The molecule has 1 aromatic rings. The van der Waals surface area contributed by atoms with Crippen molar-refractivity contribution in [2.75, 3.05) is 6.26 Å². The highest BCUT2D eigenvalue weighted by atomic mass is 32.2. The van der Waals surface area contributed by atoms with Gasteiger partial charge < -0.3 is 5.73 Å². The molecule has 1 aromatic heterocycles. The van der Waals surface area contributed by atoms with Crippen LogP contribution in [0.25, 0.3) is 0 Å². The van der Waals surface area contributed by atoms with Crippen molar-refractivity contribution in [3.8, 4) is 0 Å². The summed E-state index contributed by atoms with van der Waals surface area (Å²) in [6, 6.07) is 1.38. The molecule has 5 nitrogen and oxygen atoms in total. The molecule has 0 spiro atoms. The average molecular weight is 213 g/mol. The van der Waals surface area contributed by atoms with E-state index in [1.807, 2.05) is 0 Å². The summed E-state index contributed by atoms with van der Waals surface area (Å²) in [5.74, 6) is -0.548. The molecule has 0 fully saturated rings. The Morgan fingerprint density at radius 2 is 2.36 bits per heavy atom. The van der Waals surface area contributed by atoms with Crippen LogP contribution in [0.4, 0.5) is 0 Å². The van der Waals surface area contributed by atoms with E-state index in [2.05, 4.69) is 4.98 Å². The van der Waals surface area contributed by atoms with Crippen molar-refractivity contribution in [3.63, 3.8) is 0 Å².